The number of sulfone groups is 1. The predicted molar refractivity (Wildman–Crippen MR) is 84.4 cm³/mol. The maximum atomic E-state index is 12.2. The van der Waals surface area contributed by atoms with Crippen molar-refractivity contribution in [3.05, 3.63) is 29.8 Å². The Morgan fingerprint density at radius 2 is 1.80 bits per heavy atom. The van der Waals surface area contributed by atoms with Gasteiger partial charge in [0.1, 0.15) is 0 Å². The summed E-state index contributed by atoms with van der Waals surface area (Å²) in [5.41, 5.74) is 1.03. The molecule has 0 N–H and O–H groups in total. The molecule has 3 heteroatoms. The summed E-state index contributed by atoms with van der Waals surface area (Å²) in [5, 5.41) is -0.398. The molecule has 0 spiro atoms. The summed E-state index contributed by atoms with van der Waals surface area (Å²) < 4.78 is 24.4. The van der Waals surface area contributed by atoms with Crippen LogP contribution in [0.3, 0.4) is 0 Å². The minimum Gasteiger partial charge on any atom is -0.223 e. The molecule has 0 saturated heterocycles. The standard InChI is InChI=1S/C17H24O2S/c1-6-7-9-14(4)15(5)16-10-8-11-17(12-16)20(18,19)13(2)3/h8,10-15H,6H2,1-5H3. The lowest BCUT2D eigenvalue weighted by molar-refractivity contribution is 0.585. The normalized spacial score (nSPS) is 14.5. The molecule has 0 bridgehead atoms. The summed E-state index contributed by atoms with van der Waals surface area (Å²) in [6.07, 6.45) is 0.846. The van der Waals surface area contributed by atoms with Gasteiger partial charge in [-0.15, -0.1) is 5.92 Å². The van der Waals surface area contributed by atoms with E-state index < -0.39 is 15.1 Å². The Hall–Kier alpha value is -1.27. The number of hydrogen-bond acceptors (Lipinski definition) is 2. The first-order valence-corrected chi connectivity index (χ1v) is 8.67. The van der Waals surface area contributed by atoms with Gasteiger partial charge in [-0.3, -0.25) is 0 Å². The van der Waals surface area contributed by atoms with Gasteiger partial charge in [-0.1, -0.05) is 38.8 Å². The van der Waals surface area contributed by atoms with E-state index in [4.69, 9.17) is 0 Å². The highest BCUT2D eigenvalue weighted by molar-refractivity contribution is 7.92. The third-order valence-electron chi connectivity index (χ3n) is 3.59. The molecule has 2 unspecified atom stereocenters. The van der Waals surface area contributed by atoms with Crippen LogP contribution in [0.4, 0.5) is 0 Å². The molecule has 1 aromatic carbocycles. The molecule has 0 amide bonds. The molecular formula is C17H24O2S. The van der Waals surface area contributed by atoms with Crippen LogP contribution in [0.25, 0.3) is 0 Å². The zero-order chi connectivity index (χ0) is 15.3. The minimum absolute atomic E-state index is 0.215. The van der Waals surface area contributed by atoms with Gasteiger partial charge in [-0.25, -0.2) is 8.42 Å². The maximum absolute atomic E-state index is 12.2. The summed E-state index contributed by atoms with van der Waals surface area (Å²) in [6, 6.07) is 7.27. The minimum atomic E-state index is -3.21. The molecular weight excluding hydrogens is 268 g/mol. The average Bonchev–Trinajstić information content (AvgIpc) is 2.43. The van der Waals surface area contributed by atoms with E-state index in [0.717, 1.165) is 12.0 Å². The summed E-state index contributed by atoms with van der Waals surface area (Å²) >= 11 is 0. The van der Waals surface area contributed by atoms with Crippen molar-refractivity contribution >= 4 is 9.84 Å². The van der Waals surface area contributed by atoms with Crippen LogP contribution >= 0.6 is 0 Å². The number of rotatable bonds is 4. The van der Waals surface area contributed by atoms with Crippen LogP contribution in [0.5, 0.6) is 0 Å². The van der Waals surface area contributed by atoms with Gasteiger partial charge in [0.05, 0.1) is 10.1 Å². The van der Waals surface area contributed by atoms with E-state index in [1.807, 2.05) is 19.1 Å². The smallest absolute Gasteiger partial charge is 0.180 e. The molecule has 0 aromatic heterocycles. The second kappa shape index (κ2) is 6.95. The highest BCUT2D eigenvalue weighted by Crippen LogP contribution is 2.26. The first-order valence-electron chi connectivity index (χ1n) is 7.13. The largest absolute Gasteiger partial charge is 0.223 e. The Labute approximate surface area is 123 Å². The topological polar surface area (TPSA) is 34.1 Å². The molecule has 2 atom stereocenters. The average molecular weight is 292 g/mol. The molecule has 2 nitrogen and oxygen atoms in total. The number of hydrogen-bond donors (Lipinski definition) is 0. The Balaban J connectivity index is 3.11. The van der Waals surface area contributed by atoms with Crippen molar-refractivity contribution < 1.29 is 8.42 Å². The van der Waals surface area contributed by atoms with Crippen LogP contribution in [0.15, 0.2) is 29.2 Å². The van der Waals surface area contributed by atoms with Gasteiger partial charge >= 0.3 is 0 Å². The zero-order valence-electron chi connectivity index (χ0n) is 13.0. The van der Waals surface area contributed by atoms with E-state index >= 15 is 0 Å². The van der Waals surface area contributed by atoms with Gasteiger partial charge in [0.25, 0.3) is 0 Å². The van der Waals surface area contributed by atoms with E-state index in [1.165, 1.54) is 0 Å². The van der Waals surface area contributed by atoms with Crippen molar-refractivity contribution in [2.45, 2.75) is 57.1 Å². The van der Waals surface area contributed by atoms with Crippen molar-refractivity contribution in [1.82, 2.24) is 0 Å². The molecule has 0 aliphatic rings. The molecule has 0 saturated carbocycles. The van der Waals surface area contributed by atoms with Gasteiger partial charge in [0.15, 0.2) is 9.84 Å². The number of benzene rings is 1. The lowest BCUT2D eigenvalue weighted by Crippen LogP contribution is -2.14. The van der Waals surface area contributed by atoms with Crippen LogP contribution in [0.1, 0.15) is 52.5 Å². The molecule has 1 rings (SSSR count). The Kier molecular flexibility index (Phi) is 5.83. The predicted octanol–water partition coefficient (Wildman–Crippen LogP) is 4.02. The van der Waals surface area contributed by atoms with Gasteiger partial charge in [0.2, 0.25) is 0 Å². The van der Waals surface area contributed by atoms with Crippen LogP contribution in [-0.2, 0) is 9.84 Å². The lowest BCUT2D eigenvalue weighted by Gasteiger charge is -2.17. The maximum Gasteiger partial charge on any atom is 0.180 e. The van der Waals surface area contributed by atoms with Crippen LogP contribution in [-0.4, -0.2) is 13.7 Å². The monoisotopic (exact) mass is 292 g/mol. The molecule has 1 aromatic rings. The molecule has 0 heterocycles. The fourth-order valence-electron chi connectivity index (χ4n) is 1.92. The van der Waals surface area contributed by atoms with Crippen LogP contribution in [0.2, 0.25) is 0 Å². The van der Waals surface area contributed by atoms with Gasteiger partial charge < -0.3 is 0 Å². The highest BCUT2D eigenvalue weighted by atomic mass is 32.2. The summed E-state index contributed by atoms with van der Waals surface area (Å²) in [7, 11) is -3.21. The van der Waals surface area contributed by atoms with E-state index in [9.17, 15) is 8.42 Å². The molecule has 0 aliphatic heterocycles. The Morgan fingerprint density at radius 3 is 2.35 bits per heavy atom. The van der Waals surface area contributed by atoms with Crippen molar-refractivity contribution in [2.24, 2.45) is 5.92 Å². The first kappa shape index (κ1) is 16.8. The quantitative estimate of drug-likeness (QED) is 0.785. The van der Waals surface area contributed by atoms with Gasteiger partial charge in [-0.2, -0.15) is 0 Å². The lowest BCUT2D eigenvalue weighted by atomic mass is 9.89. The van der Waals surface area contributed by atoms with Crippen molar-refractivity contribution in [3.8, 4) is 11.8 Å². The summed E-state index contributed by atoms with van der Waals surface area (Å²) in [5.74, 6) is 6.74. The Bertz CT molecular complexity index is 603. The second-order valence-electron chi connectivity index (χ2n) is 5.42. The van der Waals surface area contributed by atoms with E-state index in [1.54, 1.807) is 26.0 Å². The van der Waals surface area contributed by atoms with Crippen LogP contribution < -0.4 is 0 Å². The zero-order valence-corrected chi connectivity index (χ0v) is 13.8. The highest BCUT2D eigenvalue weighted by Gasteiger charge is 2.21. The van der Waals surface area contributed by atoms with E-state index in [2.05, 4.69) is 25.7 Å². The SMILES string of the molecule is CCC#CC(C)C(C)c1cccc(S(=O)(=O)C(C)C)c1. The molecule has 110 valence electrons. The molecule has 20 heavy (non-hydrogen) atoms. The fourth-order valence-corrected chi connectivity index (χ4v) is 3.04. The third-order valence-corrected chi connectivity index (χ3v) is 5.74. The van der Waals surface area contributed by atoms with Gasteiger partial charge in [0, 0.05) is 12.3 Å². The second-order valence-corrected chi connectivity index (χ2v) is 7.92. The van der Waals surface area contributed by atoms with E-state index in [-0.39, 0.29) is 11.8 Å². The fraction of sp³-hybridized carbons (Fsp3) is 0.529. The van der Waals surface area contributed by atoms with Gasteiger partial charge in [-0.05, 0) is 37.5 Å². The van der Waals surface area contributed by atoms with Crippen molar-refractivity contribution in [2.75, 3.05) is 0 Å². The Morgan fingerprint density at radius 1 is 1.15 bits per heavy atom. The van der Waals surface area contributed by atoms with Crippen molar-refractivity contribution in [1.29, 1.82) is 0 Å². The molecule has 0 fully saturated rings. The van der Waals surface area contributed by atoms with E-state index in [0.29, 0.717) is 4.90 Å². The van der Waals surface area contributed by atoms with Crippen LogP contribution in [0, 0.1) is 17.8 Å². The first-order chi connectivity index (χ1) is 9.30. The summed E-state index contributed by atoms with van der Waals surface area (Å²) in [6.45, 7) is 9.62. The summed E-state index contributed by atoms with van der Waals surface area (Å²) in [4.78, 5) is 0.410. The third kappa shape index (κ3) is 3.86. The molecule has 0 aliphatic carbocycles. The molecule has 0 radical (unpaired) electrons. The van der Waals surface area contributed by atoms with Crippen molar-refractivity contribution in [3.63, 3.8) is 0 Å².